The maximum atomic E-state index is 12.5. The van der Waals surface area contributed by atoms with E-state index < -0.39 is 0 Å². The maximum absolute atomic E-state index is 12.5. The van der Waals surface area contributed by atoms with Gasteiger partial charge in [-0.2, -0.15) is 0 Å². The number of nitrogens with zero attached hydrogens (tertiary/aromatic N) is 1. The minimum atomic E-state index is 0.0184. The number of likely N-dealkylation sites (tertiary alicyclic amines) is 1. The monoisotopic (exact) mass is 356 g/mol. The van der Waals surface area contributed by atoms with Crippen molar-refractivity contribution in [2.75, 3.05) is 19.6 Å². The summed E-state index contributed by atoms with van der Waals surface area (Å²) in [5.41, 5.74) is 1.23. The first-order valence-electron chi connectivity index (χ1n) is 8.81. The van der Waals surface area contributed by atoms with Gasteiger partial charge in [0.25, 0.3) is 5.91 Å². The third kappa shape index (κ3) is 4.69. The molecule has 4 nitrogen and oxygen atoms in total. The zero-order valence-corrected chi connectivity index (χ0v) is 15.3. The smallest absolute Gasteiger partial charge is 0.263 e. The highest BCUT2D eigenvalue weighted by Gasteiger charge is 2.28. The minimum Gasteiger partial charge on any atom is -0.356 e. The molecule has 3 rings (SSSR count). The first-order chi connectivity index (χ1) is 12.1. The Morgan fingerprint density at radius 2 is 1.84 bits per heavy atom. The van der Waals surface area contributed by atoms with Gasteiger partial charge in [0.15, 0.2) is 0 Å². The fourth-order valence-corrected chi connectivity index (χ4v) is 4.00. The predicted octanol–water partition coefficient (Wildman–Crippen LogP) is 3.27. The third-order valence-corrected chi connectivity index (χ3v) is 5.65. The molecule has 132 valence electrons. The average molecular weight is 356 g/mol. The van der Waals surface area contributed by atoms with Gasteiger partial charge in [-0.15, -0.1) is 11.3 Å². The Morgan fingerprint density at radius 1 is 1.12 bits per heavy atom. The Kier molecular flexibility index (Phi) is 5.87. The van der Waals surface area contributed by atoms with E-state index in [1.54, 1.807) is 0 Å². The third-order valence-electron chi connectivity index (χ3n) is 4.66. The number of thiophene rings is 1. The van der Waals surface area contributed by atoms with Crippen LogP contribution in [0.2, 0.25) is 0 Å². The molecule has 1 N–H and O–H groups in total. The summed E-state index contributed by atoms with van der Waals surface area (Å²) in [7, 11) is 0. The molecule has 1 saturated heterocycles. The Balaban J connectivity index is 1.42. The Morgan fingerprint density at radius 3 is 2.48 bits per heavy atom. The van der Waals surface area contributed by atoms with Crippen LogP contribution < -0.4 is 5.32 Å². The fraction of sp³-hybridized carbons (Fsp3) is 0.400. The molecule has 0 radical (unpaired) electrons. The molecule has 0 aliphatic carbocycles. The maximum Gasteiger partial charge on any atom is 0.263 e. The molecule has 0 unspecified atom stereocenters. The molecule has 1 aliphatic rings. The topological polar surface area (TPSA) is 49.4 Å². The molecule has 1 aliphatic heterocycles. The van der Waals surface area contributed by atoms with Gasteiger partial charge in [-0.05, 0) is 43.9 Å². The van der Waals surface area contributed by atoms with E-state index in [-0.39, 0.29) is 17.7 Å². The van der Waals surface area contributed by atoms with E-state index in [1.165, 1.54) is 16.9 Å². The van der Waals surface area contributed by atoms with Gasteiger partial charge in [0.05, 0.1) is 4.88 Å². The van der Waals surface area contributed by atoms with Crippen molar-refractivity contribution in [2.24, 2.45) is 5.92 Å². The van der Waals surface area contributed by atoms with Crippen molar-refractivity contribution >= 4 is 23.2 Å². The standard InChI is InChI=1S/C20H24N2O2S/c1-15-7-8-18(25-15)20(24)22-13-10-17(11-14-22)19(23)21-12-9-16-5-3-2-4-6-16/h2-8,17H,9-14H2,1H3,(H,21,23). The second kappa shape index (κ2) is 8.30. The molecule has 25 heavy (non-hydrogen) atoms. The molecule has 1 aromatic carbocycles. The summed E-state index contributed by atoms with van der Waals surface area (Å²) in [4.78, 5) is 28.6. The summed E-state index contributed by atoms with van der Waals surface area (Å²) in [6, 6.07) is 14.0. The molecule has 2 amide bonds. The lowest BCUT2D eigenvalue weighted by molar-refractivity contribution is -0.126. The number of rotatable bonds is 5. The van der Waals surface area contributed by atoms with Gasteiger partial charge in [-0.25, -0.2) is 0 Å². The number of hydrogen-bond donors (Lipinski definition) is 1. The van der Waals surface area contributed by atoms with Gasteiger partial charge >= 0.3 is 0 Å². The van der Waals surface area contributed by atoms with Gasteiger partial charge < -0.3 is 10.2 Å². The molecule has 2 heterocycles. The van der Waals surface area contributed by atoms with Crippen LogP contribution in [-0.2, 0) is 11.2 Å². The lowest BCUT2D eigenvalue weighted by Crippen LogP contribution is -2.43. The van der Waals surface area contributed by atoms with Crippen LogP contribution in [0, 0.1) is 12.8 Å². The predicted molar refractivity (Wildman–Crippen MR) is 101 cm³/mol. The zero-order valence-electron chi connectivity index (χ0n) is 14.5. The number of piperidine rings is 1. The van der Waals surface area contributed by atoms with Crippen molar-refractivity contribution in [3.63, 3.8) is 0 Å². The number of nitrogens with one attached hydrogen (secondary N) is 1. The van der Waals surface area contributed by atoms with E-state index in [2.05, 4.69) is 17.4 Å². The average Bonchev–Trinajstić information content (AvgIpc) is 3.08. The Bertz CT molecular complexity index is 718. The SMILES string of the molecule is Cc1ccc(C(=O)N2CCC(C(=O)NCCc3ccccc3)CC2)s1. The molecular weight excluding hydrogens is 332 g/mol. The normalized spacial score (nSPS) is 15.2. The van der Waals surface area contributed by atoms with E-state index in [4.69, 9.17) is 0 Å². The second-order valence-corrected chi connectivity index (χ2v) is 7.79. The van der Waals surface area contributed by atoms with Gasteiger partial charge in [-0.1, -0.05) is 30.3 Å². The minimum absolute atomic E-state index is 0.0184. The van der Waals surface area contributed by atoms with E-state index >= 15 is 0 Å². The van der Waals surface area contributed by atoms with Crippen molar-refractivity contribution in [3.8, 4) is 0 Å². The van der Waals surface area contributed by atoms with Crippen molar-refractivity contribution < 1.29 is 9.59 Å². The number of aryl methyl sites for hydroxylation is 1. The first kappa shape index (κ1) is 17.7. The summed E-state index contributed by atoms with van der Waals surface area (Å²) in [5, 5.41) is 3.04. The fourth-order valence-electron chi connectivity index (χ4n) is 3.17. The highest BCUT2D eigenvalue weighted by atomic mass is 32.1. The van der Waals surface area contributed by atoms with Crippen molar-refractivity contribution in [3.05, 3.63) is 57.8 Å². The summed E-state index contributed by atoms with van der Waals surface area (Å²) in [6.07, 6.45) is 2.34. The second-order valence-electron chi connectivity index (χ2n) is 6.50. The van der Waals surface area contributed by atoms with E-state index in [0.717, 1.165) is 29.0 Å². The summed E-state index contributed by atoms with van der Waals surface area (Å²) in [5.74, 6) is 0.237. The van der Waals surface area contributed by atoms with E-state index in [9.17, 15) is 9.59 Å². The summed E-state index contributed by atoms with van der Waals surface area (Å²) in [6.45, 7) is 3.99. The lowest BCUT2D eigenvalue weighted by atomic mass is 9.95. The van der Waals surface area contributed by atoms with Crippen LogP contribution in [0.15, 0.2) is 42.5 Å². The van der Waals surface area contributed by atoms with Crippen molar-refractivity contribution in [1.29, 1.82) is 0 Å². The van der Waals surface area contributed by atoms with Crippen LogP contribution in [-0.4, -0.2) is 36.3 Å². The Labute approximate surface area is 152 Å². The Hall–Kier alpha value is -2.14. The summed E-state index contributed by atoms with van der Waals surface area (Å²) < 4.78 is 0. The van der Waals surface area contributed by atoms with E-state index in [1.807, 2.05) is 42.2 Å². The van der Waals surface area contributed by atoms with Crippen molar-refractivity contribution in [1.82, 2.24) is 10.2 Å². The molecule has 0 spiro atoms. The molecule has 5 heteroatoms. The van der Waals surface area contributed by atoms with Crippen LogP contribution in [0.5, 0.6) is 0 Å². The molecule has 0 saturated carbocycles. The number of hydrogen-bond acceptors (Lipinski definition) is 3. The highest BCUT2D eigenvalue weighted by molar-refractivity contribution is 7.13. The largest absolute Gasteiger partial charge is 0.356 e. The van der Waals surface area contributed by atoms with Gasteiger partial charge in [0.1, 0.15) is 0 Å². The molecule has 0 atom stereocenters. The van der Waals surface area contributed by atoms with Crippen LogP contribution in [0.4, 0.5) is 0 Å². The number of carbonyl (C=O) groups excluding carboxylic acids is 2. The van der Waals surface area contributed by atoms with Gasteiger partial charge in [-0.3, -0.25) is 9.59 Å². The number of benzene rings is 1. The molecule has 1 fully saturated rings. The van der Waals surface area contributed by atoms with Crippen LogP contribution >= 0.6 is 11.3 Å². The highest BCUT2D eigenvalue weighted by Crippen LogP contribution is 2.22. The number of carbonyl (C=O) groups is 2. The van der Waals surface area contributed by atoms with Crippen LogP contribution in [0.3, 0.4) is 0 Å². The summed E-state index contributed by atoms with van der Waals surface area (Å²) >= 11 is 1.54. The van der Waals surface area contributed by atoms with E-state index in [0.29, 0.717) is 19.6 Å². The van der Waals surface area contributed by atoms with Crippen molar-refractivity contribution in [2.45, 2.75) is 26.2 Å². The van der Waals surface area contributed by atoms with Crippen LogP contribution in [0.25, 0.3) is 0 Å². The zero-order chi connectivity index (χ0) is 17.6. The number of amides is 2. The molecular formula is C20H24N2O2S. The van der Waals surface area contributed by atoms with Crippen LogP contribution in [0.1, 0.15) is 33.0 Å². The molecule has 1 aromatic heterocycles. The first-order valence-corrected chi connectivity index (χ1v) is 9.62. The van der Waals surface area contributed by atoms with Gasteiger partial charge in [0.2, 0.25) is 5.91 Å². The molecule has 2 aromatic rings. The molecule has 0 bridgehead atoms. The van der Waals surface area contributed by atoms with Gasteiger partial charge in [0, 0.05) is 30.4 Å². The lowest BCUT2D eigenvalue weighted by Gasteiger charge is -2.31. The quantitative estimate of drug-likeness (QED) is 0.894.